The molecule has 1 aromatic heterocycles. The van der Waals surface area contributed by atoms with Gasteiger partial charge in [0, 0.05) is 37.8 Å². The van der Waals surface area contributed by atoms with Gasteiger partial charge in [-0.15, -0.1) is 0 Å². The topological polar surface area (TPSA) is 59.4 Å². The van der Waals surface area contributed by atoms with Crippen LogP contribution in [0.15, 0.2) is 42.7 Å². The highest BCUT2D eigenvalue weighted by molar-refractivity contribution is 5.89. The van der Waals surface area contributed by atoms with Crippen molar-refractivity contribution in [2.24, 2.45) is 0 Å². The van der Waals surface area contributed by atoms with Gasteiger partial charge in [0.2, 0.25) is 0 Å². The molecule has 6 nitrogen and oxygen atoms in total. The third-order valence-corrected chi connectivity index (χ3v) is 4.18. The Hall–Kier alpha value is -2.34. The van der Waals surface area contributed by atoms with Crippen molar-refractivity contribution in [1.29, 1.82) is 0 Å². The van der Waals surface area contributed by atoms with E-state index in [9.17, 15) is 4.79 Å². The average Bonchev–Trinajstić information content (AvgIpc) is 3.10. The van der Waals surface area contributed by atoms with Gasteiger partial charge in [-0.05, 0) is 43.5 Å². The first-order chi connectivity index (χ1) is 11.7. The molecular weight excluding hydrogens is 304 g/mol. The van der Waals surface area contributed by atoms with Crippen LogP contribution >= 0.6 is 0 Å². The van der Waals surface area contributed by atoms with Crippen molar-refractivity contribution >= 4 is 11.7 Å². The second-order valence-electron chi connectivity index (χ2n) is 6.00. The minimum Gasteiger partial charge on any atom is -0.377 e. The normalized spacial score (nSPS) is 17.7. The molecule has 0 spiro atoms. The van der Waals surface area contributed by atoms with E-state index >= 15 is 0 Å². The molecule has 0 aliphatic carbocycles. The van der Waals surface area contributed by atoms with E-state index in [4.69, 9.17) is 4.74 Å². The molecule has 128 valence electrons. The van der Waals surface area contributed by atoms with E-state index in [1.807, 2.05) is 53.0 Å². The summed E-state index contributed by atoms with van der Waals surface area (Å²) in [6, 6.07) is 9.73. The Morgan fingerprint density at radius 2 is 2.21 bits per heavy atom. The fourth-order valence-electron chi connectivity index (χ4n) is 2.97. The first-order valence-electron chi connectivity index (χ1n) is 8.48. The van der Waals surface area contributed by atoms with Gasteiger partial charge in [-0.3, -0.25) is 4.68 Å². The van der Waals surface area contributed by atoms with Crippen LogP contribution in [0, 0.1) is 0 Å². The highest BCUT2D eigenvalue weighted by atomic mass is 16.5. The van der Waals surface area contributed by atoms with E-state index in [1.54, 1.807) is 6.20 Å². The molecule has 1 aliphatic rings. The molecule has 1 fully saturated rings. The minimum atomic E-state index is -0.0563. The maximum absolute atomic E-state index is 12.4. The quantitative estimate of drug-likeness (QED) is 0.918. The molecule has 24 heavy (non-hydrogen) atoms. The predicted molar refractivity (Wildman–Crippen MR) is 93.0 cm³/mol. The van der Waals surface area contributed by atoms with Gasteiger partial charge in [0.05, 0.1) is 12.6 Å². The second-order valence-corrected chi connectivity index (χ2v) is 6.00. The van der Waals surface area contributed by atoms with Gasteiger partial charge in [0.15, 0.2) is 0 Å². The van der Waals surface area contributed by atoms with Crippen LogP contribution in [0.4, 0.5) is 10.5 Å². The molecule has 0 saturated carbocycles. The molecule has 1 aliphatic heterocycles. The van der Waals surface area contributed by atoms with Gasteiger partial charge in [0.25, 0.3) is 0 Å². The van der Waals surface area contributed by atoms with Crippen molar-refractivity contribution in [1.82, 2.24) is 14.7 Å². The highest BCUT2D eigenvalue weighted by Crippen LogP contribution is 2.16. The van der Waals surface area contributed by atoms with E-state index in [0.717, 1.165) is 37.2 Å². The van der Waals surface area contributed by atoms with Crippen LogP contribution in [-0.2, 0) is 11.3 Å². The van der Waals surface area contributed by atoms with Crippen molar-refractivity contribution in [3.8, 4) is 0 Å². The lowest BCUT2D eigenvalue weighted by Gasteiger charge is -2.32. The number of ether oxygens (including phenoxy) is 1. The number of benzene rings is 1. The Labute approximate surface area is 142 Å². The Bertz CT molecular complexity index is 638. The fourth-order valence-corrected chi connectivity index (χ4v) is 2.97. The summed E-state index contributed by atoms with van der Waals surface area (Å²) in [5, 5.41) is 7.16. The number of hydrogen-bond donors (Lipinski definition) is 1. The third kappa shape index (κ3) is 4.35. The van der Waals surface area contributed by atoms with E-state index in [0.29, 0.717) is 13.2 Å². The number of anilines is 1. The number of urea groups is 1. The van der Waals surface area contributed by atoms with Crippen LogP contribution in [-0.4, -0.2) is 46.5 Å². The van der Waals surface area contributed by atoms with Gasteiger partial charge in [-0.2, -0.15) is 5.10 Å². The van der Waals surface area contributed by atoms with Gasteiger partial charge < -0.3 is 15.0 Å². The summed E-state index contributed by atoms with van der Waals surface area (Å²) in [6.45, 7) is 4.86. The van der Waals surface area contributed by atoms with E-state index in [-0.39, 0.29) is 12.1 Å². The summed E-state index contributed by atoms with van der Waals surface area (Å²) >= 11 is 0. The standard InChI is InChI=1S/C18H24N4O2/c1-2-24-17-5-3-11-21(14-17)18(23)20-16-8-6-15(7-9-16)13-22-12-4-10-19-22/h4,6-10,12,17H,2-3,5,11,13-14H2,1H3,(H,20,23). The van der Waals surface area contributed by atoms with Gasteiger partial charge in [-0.25, -0.2) is 4.79 Å². The molecule has 2 aromatic rings. The summed E-state index contributed by atoms with van der Waals surface area (Å²) in [5.41, 5.74) is 1.95. The molecule has 3 rings (SSSR count). The molecule has 1 atom stereocenters. The molecule has 1 aromatic carbocycles. The number of carbonyl (C=O) groups excluding carboxylic acids is 1. The molecule has 0 bridgehead atoms. The molecule has 2 heterocycles. The number of rotatable bonds is 5. The Morgan fingerprint density at radius 3 is 2.92 bits per heavy atom. The van der Waals surface area contributed by atoms with E-state index < -0.39 is 0 Å². The minimum absolute atomic E-state index is 0.0563. The fraction of sp³-hybridized carbons (Fsp3) is 0.444. The second kappa shape index (κ2) is 7.97. The zero-order chi connectivity index (χ0) is 16.8. The average molecular weight is 328 g/mol. The van der Waals surface area contributed by atoms with Crippen LogP contribution < -0.4 is 5.32 Å². The number of likely N-dealkylation sites (tertiary alicyclic amines) is 1. The maximum Gasteiger partial charge on any atom is 0.321 e. The number of aromatic nitrogens is 2. The molecule has 1 saturated heterocycles. The van der Waals surface area contributed by atoms with Crippen LogP contribution in [0.3, 0.4) is 0 Å². The van der Waals surface area contributed by atoms with Crippen molar-refractivity contribution < 1.29 is 9.53 Å². The number of piperidine rings is 1. The van der Waals surface area contributed by atoms with Gasteiger partial charge in [-0.1, -0.05) is 12.1 Å². The molecule has 1 unspecified atom stereocenters. The predicted octanol–water partition coefficient (Wildman–Crippen LogP) is 2.96. The van der Waals surface area contributed by atoms with Crippen molar-refractivity contribution in [2.45, 2.75) is 32.4 Å². The summed E-state index contributed by atoms with van der Waals surface area (Å²) in [6.07, 6.45) is 5.87. The van der Waals surface area contributed by atoms with Gasteiger partial charge in [0.1, 0.15) is 0 Å². The SMILES string of the molecule is CCOC1CCCN(C(=O)Nc2ccc(Cn3cccn3)cc2)C1. The van der Waals surface area contributed by atoms with Crippen LogP contribution in [0.1, 0.15) is 25.3 Å². The highest BCUT2D eigenvalue weighted by Gasteiger charge is 2.23. The number of nitrogens with zero attached hydrogens (tertiary/aromatic N) is 3. The molecule has 1 N–H and O–H groups in total. The Morgan fingerprint density at radius 1 is 1.38 bits per heavy atom. The first kappa shape index (κ1) is 16.5. The lowest BCUT2D eigenvalue weighted by atomic mass is 10.1. The zero-order valence-corrected chi connectivity index (χ0v) is 14.0. The largest absolute Gasteiger partial charge is 0.377 e. The maximum atomic E-state index is 12.4. The van der Waals surface area contributed by atoms with Crippen LogP contribution in [0.25, 0.3) is 0 Å². The molecule has 0 radical (unpaired) electrons. The summed E-state index contributed by atoms with van der Waals surface area (Å²) < 4.78 is 7.52. The van der Waals surface area contributed by atoms with Crippen molar-refractivity contribution in [2.75, 3.05) is 25.0 Å². The van der Waals surface area contributed by atoms with Crippen molar-refractivity contribution in [3.63, 3.8) is 0 Å². The summed E-state index contributed by atoms with van der Waals surface area (Å²) in [5.74, 6) is 0. The number of hydrogen-bond acceptors (Lipinski definition) is 3. The van der Waals surface area contributed by atoms with Crippen LogP contribution in [0.5, 0.6) is 0 Å². The lowest BCUT2D eigenvalue weighted by molar-refractivity contribution is 0.0181. The smallest absolute Gasteiger partial charge is 0.321 e. The third-order valence-electron chi connectivity index (χ3n) is 4.18. The Balaban J connectivity index is 1.54. The number of amides is 2. The molecule has 2 amide bonds. The number of carbonyl (C=O) groups is 1. The molecular formula is C18H24N4O2. The van der Waals surface area contributed by atoms with Crippen LogP contribution in [0.2, 0.25) is 0 Å². The zero-order valence-electron chi connectivity index (χ0n) is 14.0. The lowest BCUT2D eigenvalue weighted by Crippen LogP contribution is -2.45. The van der Waals surface area contributed by atoms with Gasteiger partial charge >= 0.3 is 6.03 Å². The summed E-state index contributed by atoms with van der Waals surface area (Å²) in [4.78, 5) is 14.2. The summed E-state index contributed by atoms with van der Waals surface area (Å²) in [7, 11) is 0. The molecule has 6 heteroatoms. The Kier molecular flexibility index (Phi) is 5.48. The van der Waals surface area contributed by atoms with E-state index in [1.165, 1.54) is 0 Å². The van der Waals surface area contributed by atoms with E-state index in [2.05, 4.69) is 10.4 Å². The monoisotopic (exact) mass is 328 g/mol. The number of nitrogens with one attached hydrogen (secondary N) is 1. The van der Waals surface area contributed by atoms with Crippen molar-refractivity contribution in [3.05, 3.63) is 48.3 Å². The first-order valence-corrected chi connectivity index (χ1v) is 8.48.